The van der Waals surface area contributed by atoms with Crippen LogP contribution in [0.25, 0.3) is 0 Å². The molecule has 18 heavy (non-hydrogen) atoms. The van der Waals surface area contributed by atoms with Crippen LogP contribution in [0.15, 0.2) is 24.3 Å². The Balaban J connectivity index is 2.08. The van der Waals surface area contributed by atoms with Crippen molar-refractivity contribution in [3.05, 3.63) is 35.6 Å². The first-order valence-electron chi connectivity index (χ1n) is 6.71. The molecule has 1 aliphatic rings. The number of halogens is 1. The molecule has 0 aliphatic carbocycles. The topological polar surface area (TPSA) is 29.3 Å². The minimum Gasteiger partial charge on any atom is -0.329 e. The Hall–Kier alpha value is -0.930. The zero-order valence-electron chi connectivity index (χ0n) is 11.3. The van der Waals surface area contributed by atoms with Crippen LogP contribution in [0.2, 0.25) is 0 Å². The molecule has 0 amide bonds. The summed E-state index contributed by atoms with van der Waals surface area (Å²) < 4.78 is 13.0. The third-order valence-corrected chi connectivity index (χ3v) is 4.07. The fourth-order valence-corrected chi connectivity index (χ4v) is 2.62. The number of piperidine rings is 1. The van der Waals surface area contributed by atoms with Crippen molar-refractivity contribution in [3.63, 3.8) is 0 Å². The molecule has 0 spiro atoms. The van der Waals surface area contributed by atoms with Gasteiger partial charge in [0.2, 0.25) is 0 Å². The van der Waals surface area contributed by atoms with Gasteiger partial charge in [-0.3, -0.25) is 4.90 Å². The SMILES string of the molecule is CC1(C)CCN(C(CN)c2ccc(F)cc2)CC1. The van der Waals surface area contributed by atoms with Gasteiger partial charge >= 0.3 is 0 Å². The van der Waals surface area contributed by atoms with E-state index in [-0.39, 0.29) is 11.9 Å². The average molecular weight is 250 g/mol. The second kappa shape index (κ2) is 5.37. The molecule has 1 aromatic carbocycles. The van der Waals surface area contributed by atoms with Crippen molar-refractivity contribution in [1.82, 2.24) is 4.90 Å². The lowest BCUT2D eigenvalue weighted by atomic mass is 9.82. The third kappa shape index (κ3) is 3.09. The van der Waals surface area contributed by atoms with Crippen LogP contribution in [0, 0.1) is 11.2 Å². The minimum atomic E-state index is -0.186. The van der Waals surface area contributed by atoms with E-state index >= 15 is 0 Å². The Morgan fingerprint density at radius 3 is 2.28 bits per heavy atom. The molecular formula is C15H23FN2. The summed E-state index contributed by atoms with van der Waals surface area (Å²) >= 11 is 0. The molecule has 1 aromatic rings. The fraction of sp³-hybridized carbons (Fsp3) is 0.600. The Labute approximate surface area is 109 Å². The molecule has 2 N–H and O–H groups in total. The number of rotatable bonds is 3. The van der Waals surface area contributed by atoms with Gasteiger partial charge in [0.25, 0.3) is 0 Å². The summed E-state index contributed by atoms with van der Waals surface area (Å²) in [6.07, 6.45) is 2.40. The lowest BCUT2D eigenvalue weighted by Gasteiger charge is -2.41. The maximum Gasteiger partial charge on any atom is 0.123 e. The Bertz CT molecular complexity index is 376. The van der Waals surface area contributed by atoms with Gasteiger partial charge in [-0.15, -0.1) is 0 Å². The molecule has 1 aliphatic heterocycles. The molecule has 1 fully saturated rings. The van der Waals surface area contributed by atoms with Crippen molar-refractivity contribution < 1.29 is 4.39 Å². The van der Waals surface area contributed by atoms with E-state index in [9.17, 15) is 4.39 Å². The molecule has 0 bridgehead atoms. The van der Waals surface area contributed by atoms with Crippen LogP contribution in [0.3, 0.4) is 0 Å². The lowest BCUT2D eigenvalue weighted by Crippen LogP contribution is -2.42. The molecule has 0 aromatic heterocycles. The van der Waals surface area contributed by atoms with Crippen LogP contribution < -0.4 is 5.73 Å². The lowest BCUT2D eigenvalue weighted by molar-refractivity contribution is 0.0964. The summed E-state index contributed by atoms with van der Waals surface area (Å²) in [6.45, 7) is 7.38. The van der Waals surface area contributed by atoms with Crippen LogP contribution in [0.1, 0.15) is 38.3 Å². The molecular weight excluding hydrogens is 227 g/mol. The van der Waals surface area contributed by atoms with Crippen LogP contribution in [0.5, 0.6) is 0 Å². The summed E-state index contributed by atoms with van der Waals surface area (Å²) in [5, 5.41) is 0. The fourth-order valence-electron chi connectivity index (χ4n) is 2.62. The van der Waals surface area contributed by atoms with Crippen LogP contribution >= 0.6 is 0 Å². The summed E-state index contributed by atoms with van der Waals surface area (Å²) in [5.74, 6) is -0.186. The Morgan fingerprint density at radius 2 is 1.78 bits per heavy atom. The highest BCUT2D eigenvalue weighted by molar-refractivity contribution is 5.20. The Morgan fingerprint density at radius 1 is 1.22 bits per heavy atom. The molecule has 1 atom stereocenters. The van der Waals surface area contributed by atoms with E-state index in [1.54, 1.807) is 0 Å². The molecule has 1 saturated heterocycles. The molecule has 1 heterocycles. The van der Waals surface area contributed by atoms with Crippen molar-refractivity contribution in [3.8, 4) is 0 Å². The van der Waals surface area contributed by atoms with Gasteiger partial charge in [0.15, 0.2) is 0 Å². The average Bonchev–Trinajstić information content (AvgIpc) is 2.34. The number of nitrogens with two attached hydrogens (primary N) is 1. The monoisotopic (exact) mass is 250 g/mol. The number of hydrogen-bond donors (Lipinski definition) is 1. The van der Waals surface area contributed by atoms with Gasteiger partial charge in [0.05, 0.1) is 0 Å². The van der Waals surface area contributed by atoms with E-state index < -0.39 is 0 Å². The predicted octanol–water partition coefficient (Wildman–Crippen LogP) is 2.95. The highest BCUT2D eigenvalue weighted by Crippen LogP contribution is 2.33. The third-order valence-electron chi connectivity index (χ3n) is 4.07. The molecule has 2 nitrogen and oxygen atoms in total. The van der Waals surface area contributed by atoms with Gasteiger partial charge in [-0.2, -0.15) is 0 Å². The van der Waals surface area contributed by atoms with Gasteiger partial charge in [0.1, 0.15) is 5.82 Å². The van der Waals surface area contributed by atoms with E-state index in [1.165, 1.54) is 25.0 Å². The molecule has 100 valence electrons. The number of hydrogen-bond acceptors (Lipinski definition) is 2. The largest absolute Gasteiger partial charge is 0.329 e. The van der Waals surface area contributed by atoms with E-state index in [2.05, 4.69) is 18.7 Å². The van der Waals surface area contributed by atoms with Gasteiger partial charge in [-0.05, 0) is 49.0 Å². The zero-order valence-corrected chi connectivity index (χ0v) is 11.3. The van der Waals surface area contributed by atoms with Crippen molar-refractivity contribution in [2.24, 2.45) is 11.1 Å². The maximum absolute atomic E-state index is 13.0. The first-order chi connectivity index (χ1) is 8.52. The minimum absolute atomic E-state index is 0.186. The highest BCUT2D eigenvalue weighted by Gasteiger charge is 2.29. The van der Waals surface area contributed by atoms with E-state index in [1.807, 2.05) is 12.1 Å². The van der Waals surface area contributed by atoms with Gasteiger partial charge in [-0.25, -0.2) is 4.39 Å². The smallest absolute Gasteiger partial charge is 0.123 e. The van der Waals surface area contributed by atoms with Crippen molar-refractivity contribution in [2.75, 3.05) is 19.6 Å². The molecule has 3 heteroatoms. The predicted molar refractivity (Wildman–Crippen MR) is 72.8 cm³/mol. The van der Waals surface area contributed by atoms with Gasteiger partial charge < -0.3 is 5.73 Å². The first kappa shape index (κ1) is 13.5. The maximum atomic E-state index is 13.0. The Kier molecular flexibility index (Phi) is 4.03. The second-order valence-corrected chi connectivity index (χ2v) is 6.00. The summed E-state index contributed by atoms with van der Waals surface area (Å²) in [7, 11) is 0. The quantitative estimate of drug-likeness (QED) is 0.893. The van der Waals surface area contributed by atoms with Crippen LogP contribution in [-0.2, 0) is 0 Å². The first-order valence-corrected chi connectivity index (χ1v) is 6.71. The van der Waals surface area contributed by atoms with Crippen molar-refractivity contribution >= 4 is 0 Å². The number of benzene rings is 1. The normalized spacial score (nSPS) is 21.8. The van der Waals surface area contributed by atoms with Crippen LogP contribution in [-0.4, -0.2) is 24.5 Å². The van der Waals surface area contributed by atoms with Gasteiger partial charge in [-0.1, -0.05) is 26.0 Å². The molecule has 0 saturated carbocycles. The van der Waals surface area contributed by atoms with Crippen molar-refractivity contribution in [2.45, 2.75) is 32.7 Å². The van der Waals surface area contributed by atoms with E-state index in [0.717, 1.165) is 18.7 Å². The highest BCUT2D eigenvalue weighted by atomic mass is 19.1. The van der Waals surface area contributed by atoms with Gasteiger partial charge in [0, 0.05) is 12.6 Å². The van der Waals surface area contributed by atoms with E-state index in [0.29, 0.717) is 12.0 Å². The molecule has 0 radical (unpaired) electrons. The second-order valence-electron chi connectivity index (χ2n) is 6.00. The van der Waals surface area contributed by atoms with E-state index in [4.69, 9.17) is 5.73 Å². The molecule has 1 unspecified atom stereocenters. The summed E-state index contributed by atoms with van der Waals surface area (Å²) in [4.78, 5) is 2.43. The molecule has 2 rings (SSSR count). The van der Waals surface area contributed by atoms with Crippen LogP contribution in [0.4, 0.5) is 4.39 Å². The number of likely N-dealkylation sites (tertiary alicyclic amines) is 1. The number of nitrogens with zero attached hydrogens (tertiary/aromatic N) is 1. The zero-order chi connectivity index (χ0) is 13.2. The standard InChI is InChI=1S/C15H23FN2/c1-15(2)7-9-18(10-8-15)14(11-17)12-3-5-13(16)6-4-12/h3-6,14H,7-11,17H2,1-2H3. The summed E-state index contributed by atoms with van der Waals surface area (Å²) in [5.41, 5.74) is 7.47. The van der Waals surface area contributed by atoms with Crippen molar-refractivity contribution in [1.29, 1.82) is 0 Å². The summed E-state index contributed by atoms with van der Waals surface area (Å²) in [6, 6.07) is 6.97.